The number of carbonyl (C=O) groups excluding carboxylic acids is 1. The van der Waals surface area contributed by atoms with Crippen LogP contribution in [0.2, 0.25) is 0 Å². The number of ether oxygens (including phenoxy) is 1. The zero-order valence-corrected chi connectivity index (χ0v) is 17.2. The number of rotatable bonds is 7. The smallest absolute Gasteiger partial charge is 0.411 e. The second-order valence-electron chi connectivity index (χ2n) is 6.97. The number of aliphatic hydroxyl groups is 1. The summed E-state index contributed by atoms with van der Waals surface area (Å²) in [5.74, 6) is 0. The fraction of sp³-hybridized carbons (Fsp3) is 0.409. The highest BCUT2D eigenvalue weighted by molar-refractivity contribution is 9.10. The minimum atomic E-state index is -0.657. The maximum Gasteiger partial charge on any atom is 0.411 e. The Morgan fingerprint density at radius 3 is 2.48 bits per heavy atom. The van der Waals surface area contributed by atoms with E-state index in [1.165, 1.54) is 0 Å². The average Bonchev–Trinajstić information content (AvgIpc) is 2.70. The molecule has 2 aromatic carbocycles. The number of aliphatic hydroxyl groups excluding tert-OH is 1. The highest BCUT2D eigenvalue weighted by Crippen LogP contribution is 2.41. The lowest BCUT2D eigenvalue weighted by atomic mass is 9.84. The van der Waals surface area contributed by atoms with Gasteiger partial charge in [-0.3, -0.25) is 0 Å². The van der Waals surface area contributed by atoms with Gasteiger partial charge in [-0.15, -0.1) is 0 Å². The number of halogens is 1. The van der Waals surface area contributed by atoms with Crippen molar-refractivity contribution in [2.24, 2.45) is 0 Å². The van der Waals surface area contributed by atoms with Gasteiger partial charge in [0.05, 0.1) is 6.04 Å². The molecule has 1 amide bonds. The fourth-order valence-corrected chi connectivity index (χ4v) is 4.17. The molecule has 0 bridgehead atoms. The van der Waals surface area contributed by atoms with Gasteiger partial charge in [-0.25, -0.2) is 4.79 Å². The molecule has 0 radical (unpaired) electrons. The summed E-state index contributed by atoms with van der Waals surface area (Å²) >= 11 is 3.46. The van der Waals surface area contributed by atoms with E-state index in [2.05, 4.69) is 35.0 Å². The third kappa shape index (κ3) is 4.36. The van der Waals surface area contributed by atoms with Gasteiger partial charge in [0.25, 0.3) is 0 Å². The van der Waals surface area contributed by atoms with Gasteiger partial charge in [-0.05, 0) is 42.5 Å². The van der Waals surface area contributed by atoms with E-state index < -0.39 is 5.60 Å². The van der Waals surface area contributed by atoms with Crippen LogP contribution in [0, 0.1) is 0 Å². The van der Waals surface area contributed by atoms with Crippen molar-refractivity contribution < 1.29 is 14.6 Å². The number of hydrogen-bond donors (Lipinski definition) is 1. The van der Waals surface area contributed by atoms with Gasteiger partial charge in [0.2, 0.25) is 0 Å². The summed E-state index contributed by atoms with van der Waals surface area (Å²) in [6, 6.07) is 18.0. The largest absolute Gasteiger partial charge is 0.438 e. The maximum atomic E-state index is 13.0. The highest BCUT2D eigenvalue weighted by Gasteiger charge is 2.43. The summed E-state index contributed by atoms with van der Waals surface area (Å²) in [6.45, 7) is 2.81. The second-order valence-corrected chi connectivity index (χ2v) is 7.89. The molecule has 1 saturated heterocycles. The summed E-state index contributed by atoms with van der Waals surface area (Å²) < 4.78 is 7.09. The molecule has 2 aromatic rings. The lowest BCUT2D eigenvalue weighted by molar-refractivity contribution is -0.0697. The highest BCUT2D eigenvalue weighted by atomic mass is 79.9. The number of carbonyl (C=O) groups is 1. The number of benzene rings is 2. The van der Waals surface area contributed by atoms with Gasteiger partial charge in [0.1, 0.15) is 5.60 Å². The van der Waals surface area contributed by atoms with Crippen LogP contribution in [-0.2, 0) is 10.3 Å². The zero-order valence-electron chi connectivity index (χ0n) is 15.6. The van der Waals surface area contributed by atoms with Crippen LogP contribution >= 0.6 is 15.9 Å². The SMILES string of the molecule is CC[C@@H](c1ccc(Br)cc1)N1CC[C@](CCCO)(c2ccccc2)OC1=O. The van der Waals surface area contributed by atoms with Gasteiger partial charge < -0.3 is 14.7 Å². The lowest BCUT2D eigenvalue weighted by Gasteiger charge is -2.44. The van der Waals surface area contributed by atoms with Crippen LogP contribution in [0.25, 0.3) is 0 Å². The van der Waals surface area contributed by atoms with E-state index in [1.54, 1.807) is 0 Å². The average molecular weight is 432 g/mol. The molecule has 4 nitrogen and oxygen atoms in total. The molecule has 0 unspecified atom stereocenters. The van der Waals surface area contributed by atoms with E-state index in [9.17, 15) is 9.90 Å². The Bertz CT molecular complexity index is 750. The van der Waals surface area contributed by atoms with Crippen molar-refractivity contribution in [3.63, 3.8) is 0 Å². The predicted molar refractivity (Wildman–Crippen MR) is 109 cm³/mol. The molecular weight excluding hydrogens is 406 g/mol. The van der Waals surface area contributed by atoms with Crippen LogP contribution < -0.4 is 0 Å². The van der Waals surface area contributed by atoms with E-state index in [0.29, 0.717) is 19.4 Å². The minimum absolute atomic E-state index is 0.00258. The Morgan fingerprint density at radius 2 is 1.89 bits per heavy atom. The first kappa shape index (κ1) is 19.9. The first-order valence-electron chi connectivity index (χ1n) is 9.51. The molecule has 0 spiro atoms. The molecule has 144 valence electrons. The van der Waals surface area contributed by atoms with E-state index in [4.69, 9.17) is 4.74 Å². The third-order valence-corrected chi connectivity index (χ3v) is 5.86. The molecule has 5 heteroatoms. The van der Waals surface area contributed by atoms with Crippen molar-refractivity contribution in [2.45, 2.75) is 44.2 Å². The molecule has 1 aliphatic heterocycles. The van der Waals surface area contributed by atoms with Crippen LogP contribution in [0.4, 0.5) is 4.79 Å². The molecule has 3 rings (SSSR count). The van der Waals surface area contributed by atoms with Gasteiger partial charge in [0.15, 0.2) is 0 Å². The number of amides is 1. The van der Waals surface area contributed by atoms with Crippen LogP contribution in [0.15, 0.2) is 59.1 Å². The van der Waals surface area contributed by atoms with Crippen molar-refractivity contribution in [1.82, 2.24) is 4.90 Å². The zero-order chi connectivity index (χ0) is 19.3. The molecule has 1 fully saturated rings. The summed E-state index contributed by atoms with van der Waals surface area (Å²) in [5.41, 5.74) is 1.46. The standard InChI is InChI=1S/C22H26BrNO3/c1-2-20(17-9-11-19(23)12-10-17)24-15-14-22(13-6-16-25,27-21(24)26)18-7-4-3-5-8-18/h3-5,7-12,20,25H,2,6,13-16H2,1H3/t20-,22+/m0/s1. The predicted octanol–water partition coefficient (Wildman–Crippen LogP) is 5.41. The van der Waals surface area contributed by atoms with Crippen molar-refractivity contribution >= 4 is 22.0 Å². The quantitative estimate of drug-likeness (QED) is 0.637. The molecule has 1 heterocycles. The van der Waals surface area contributed by atoms with Gasteiger partial charge in [-0.2, -0.15) is 0 Å². The Kier molecular flexibility index (Phi) is 6.55. The van der Waals surface area contributed by atoms with Gasteiger partial charge >= 0.3 is 6.09 Å². The van der Waals surface area contributed by atoms with Crippen molar-refractivity contribution in [3.8, 4) is 0 Å². The molecule has 1 aliphatic rings. The number of hydrogen-bond acceptors (Lipinski definition) is 3. The van der Waals surface area contributed by atoms with Crippen molar-refractivity contribution in [2.75, 3.05) is 13.2 Å². The van der Waals surface area contributed by atoms with Gasteiger partial charge in [0, 0.05) is 24.0 Å². The third-order valence-electron chi connectivity index (χ3n) is 5.33. The molecule has 0 aliphatic carbocycles. The summed E-state index contributed by atoms with van der Waals surface area (Å²) in [4.78, 5) is 14.9. The summed E-state index contributed by atoms with van der Waals surface area (Å²) in [5, 5.41) is 9.32. The van der Waals surface area contributed by atoms with Crippen LogP contribution in [0.5, 0.6) is 0 Å². The molecular formula is C22H26BrNO3. The molecule has 0 saturated carbocycles. The Labute approximate surface area is 169 Å². The number of cyclic esters (lactones) is 1. The van der Waals surface area contributed by atoms with E-state index in [0.717, 1.165) is 28.4 Å². The van der Waals surface area contributed by atoms with E-state index in [1.807, 2.05) is 47.4 Å². The molecule has 0 aromatic heterocycles. The second kappa shape index (κ2) is 8.89. The first-order chi connectivity index (χ1) is 13.1. The molecule has 1 N–H and O–H groups in total. The Hall–Kier alpha value is -1.85. The van der Waals surface area contributed by atoms with Crippen LogP contribution in [0.3, 0.4) is 0 Å². The van der Waals surface area contributed by atoms with E-state index >= 15 is 0 Å². The topological polar surface area (TPSA) is 49.8 Å². The monoisotopic (exact) mass is 431 g/mol. The van der Waals surface area contributed by atoms with Crippen molar-refractivity contribution in [3.05, 3.63) is 70.2 Å². The van der Waals surface area contributed by atoms with Crippen molar-refractivity contribution in [1.29, 1.82) is 0 Å². The summed E-state index contributed by atoms with van der Waals surface area (Å²) in [6.07, 6.45) is 2.49. The Morgan fingerprint density at radius 1 is 1.19 bits per heavy atom. The minimum Gasteiger partial charge on any atom is -0.438 e. The van der Waals surface area contributed by atoms with Crippen LogP contribution in [0.1, 0.15) is 49.8 Å². The maximum absolute atomic E-state index is 13.0. The van der Waals surface area contributed by atoms with E-state index in [-0.39, 0.29) is 18.7 Å². The molecule has 2 atom stereocenters. The molecule has 27 heavy (non-hydrogen) atoms. The van der Waals surface area contributed by atoms with Gasteiger partial charge in [-0.1, -0.05) is 65.3 Å². The fourth-order valence-electron chi connectivity index (χ4n) is 3.90. The first-order valence-corrected chi connectivity index (χ1v) is 10.3. The Balaban J connectivity index is 1.83. The van der Waals surface area contributed by atoms with Crippen LogP contribution in [-0.4, -0.2) is 29.3 Å². The normalized spacial score (nSPS) is 21.0. The summed E-state index contributed by atoms with van der Waals surface area (Å²) in [7, 11) is 0. The lowest BCUT2D eigenvalue weighted by Crippen LogP contribution is -2.49. The number of nitrogens with zero attached hydrogens (tertiary/aromatic N) is 1.